The lowest BCUT2D eigenvalue weighted by Gasteiger charge is -2.23. The van der Waals surface area contributed by atoms with Crippen LogP contribution >= 0.6 is 15.9 Å². The van der Waals surface area contributed by atoms with Gasteiger partial charge in [-0.25, -0.2) is 0 Å². The van der Waals surface area contributed by atoms with Crippen molar-refractivity contribution < 1.29 is 9.84 Å². The van der Waals surface area contributed by atoms with Crippen molar-refractivity contribution in [2.45, 2.75) is 6.10 Å². The largest absolute Gasteiger partial charge is 0.489 e. The molecule has 0 bridgehead atoms. The summed E-state index contributed by atoms with van der Waals surface area (Å²) >= 11 is 3.46. The Morgan fingerprint density at radius 2 is 2.13 bits per heavy atom. The summed E-state index contributed by atoms with van der Waals surface area (Å²) in [7, 11) is 0. The van der Waals surface area contributed by atoms with Gasteiger partial charge in [0.2, 0.25) is 0 Å². The molecule has 2 aromatic carbocycles. The summed E-state index contributed by atoms with van der Waals surface area (Å²) in [6.45, 7) is 0.328. The fourth-order valence-electron chi connectivity index (χ4n) is 2.02. The smallest absolute Gasteiger partial charge is 0.141 e. The molecule has 1 N–H and O–H groups in total. The molecule has 76 valence electrons. The van der Waals surface area contributed by atoms with E-state index >= 15 is 0 Å². The van der Waals surface area contributed by atoms with Crippen LogP contribution in [-0.2, 0) is 0 Å². The molecular weight excluding hydrogens is 256 g/mol. The molecule has 0 amide bonds. The molecule has 1 heterocycles. The Morgan fingerprint density at radius 1 is 1.27 bits per heavy atom. The van der Waals surface area contributed by atoms with E-state index in [4.69, 9.17) is 4.74 Å². The molecule has 0 aromatic heterocycles. The van der Waals surface area contributed by atoms with Gasteiger partial charge in [-0.2, -0.15) is 0 Å². The van der Waals surface area contributed by atoms with Crippen molar-refractivity contribution in [2.75, 3.05) is 6.61 Å². The van der Waals surface area contributed by atoms with Crippen molar-refractivity contribution in [2.24, 2.45) is 0 Å². The topological polar surface area (TPSA) is 29.5 Å². The van der Waals surface area contributed by atoms with E-state index in [0.717, 1.165) is 26.6 Å². The van der Waals surface area contributed by atoms with Crippen LogP contribution in [0.5, 0.6) is 5.75 Å². The maximum absolute atomic E-state index is 9.82. The number of benzene rings is 2. The number of halogens is 1. The Bertz CT molecular complexity index is 536. The molecule has 2 nitrogen and oxygen atoms in total. The van der Waals surface area contributed by atoms with E-state index in [9.17, 15) is 5.11 Å². The average Bonchev–Trinajstić information content (AvgIpc) is 2.26. The maximum atomic E-state index is 9.82. The van der Waals surface area contributed by atoms with Crippen LogP contribution in [0.1, 0.15) is 11.7 Å². The van der Waals surface area contributed by atoms with Crippen LogP contribution in [0.3, 0.4) is 0 Å². The standard InChI is InChI=1S/C12H9BrO2/c13-9-5-4-7-2-1-3-8-10(14)6-15-12(9)11(7)8/h1-5,10,14H,6H2. The summed E-state index contributed by atoms with van der Waals surface area (Å²) in [5, 5.41) is 11.9. The van der Waals surface area contributed by atoms with Crippen LogP contribution in [0.25, 0.3) is 10.8 Å². The summed E-state index contributed by atoms with van der Waals surface area (Å²) in [5.74, 6) is 0.841. The second-order valence-electron chi connectivity index (χ2n) is 3.65. The van der Waals surface area contributed by atoms with Crippen molar-refractivity contribution in [3.8, 4) is 5.75 Å². The number of aliphatic hydroxyl groups is 1. The van der Waals surface area contributed by atoms with Gasteiger partial charge in [0.1, 0.15) is 18.5 Å². The molecule has 1 aliphatic rings. The zero-order valence-electron chi connectivity index (χ0n) is 7.90. The van der Waals surface area contributed by atoms with E-state index in [1.54, 1.807) is 0 Å². The van der Waals surface area contributed by atoms with Gasteiger partial charge in [-0.3, -0.25) is 0 Å². The number of aliphatic hydroxyl groups excluding tert-OH is 1. The third-order valence-corrected chi connectivity index (χ3v) is 3.35. The molecule has 2 aromatic rings. The minimum absolute atomic E-state index is 0.328. The van der Waals surface area contributed by atoms with Gasteiger partial charge in [-0.05, 0) is 32.9 Å². The lowest BCUT2D eigenvalue weighted by atomic mass is 9.98. The van der Waals surface area contributed by atoms with Gasteiger partial charge in [0, 0.05) is 5.39 Å². The van der Waals surface area contributed by atoms with Gasteiger partial charge >= 0.3 is 0 Å². The van der Waals surface area contributed by atoms with Crippen molar-refractivity contribution in [1.82, 2.24) is 0 Å². The molecule has 0 aliphatic carbocycles. The normalized spacial score (nSPS) is 18.9. The third-order valence-electron chi connectivity index (χ3n) is 2.73. The molecule has 15 heavy (non-hydrogen) atoms. The first-order valence-electron chi connectivity index (χ1n) is 4.79. The Hall–Kier alpha value is -1.06. The minimum atomic E-state index is -0.518. The molecule has 0 radical (unpaired) electrons. The Kier molecular flexibility index (Phi) is 1.97. The van der Waals surface area contributed by atoms with Crippen LogP contribution < -0.4 is 4.74 Å². The molecule has 3 heteroatoms. The highest BCUT2D eigenvalue weighted by atomic mass is 79.9. The summed E-state index contributed by atoms with van der Waals surface area (Å²) < 4.78 is 6.48. The zero-order valence-corrected chi connectivity index (χ0v) is 9.49. The molecule has 0 spiro atoms. The van der Waals surface area contributed by atoms with Crippen molar-refractivity contribution in [3.63, 3.8) is 0 Å². The highest BCUT2D eigenvalue weighted by Gasteiger charge is 2.22. The third kappa shape index (κ3) is 1.27. The fraction of sp³-hybridized carbons (Fsp3) is 0.167. The van der Waals surface area contributed by atoms with Gasteiger partial charge in [-0.1, -0.05) is 24.3 Å². The number of hydrogen-bond donors (Lipinski definition) is 1. The Balaban J connectivity index is 2.48. The fourth-order valence-corrected chi connectivity index (χ4v) is 2.46. The number of hydrogen-bond acceptors (Lipinski definition) is 2. The highest BCUT2D eigenvalue weighted by Crippen LogP contribution is 2.41. The van der Waals surface area contributed by atoms with Crippen LogP contribution in [0.15, 0.2) is 34.8 Å². The number of ether oxygens (including phenoxy) is 1. The quantitative estimate of drug-likeness (QED) is 0.793. The maximum Gasteiger partial charge on any atom is 0.141 e. The first-order valence-corrected chi connectivity index (χ1v) is 5.58. The first-order chi connectivity index (χ1) is 7.27. The summed E-state index contributed by atoms with van der Waals surface area (Å²) in [6.07, 6.45) is -0.518. The van der Waals surface area contributed by atoms with Gasteiger partial charge in [0.25, 0.3) is 0 Å². The summed E-state index contributed by atoms with van der Waals surface area (Å²) in [5.41, 5.74) is 0.954. The van der Waals surface area contributed by atoms with Crippen LogP contribution in [0, 0.1) is 0 Å². The monoisotopic (exact) mass is 264 g/mol. The SMILES string of the molecule is OC1COc2c(Br)ccc3cccc1c23. The molecule has 0 saturated heterocycles. The van der Waals surface area contributed by atoms with Gasteiger partial charge in [0.15, 0.2) is 0 Å². The van der Waals surface area contributed by atoms with Crippen molar-refractivity contribution in [1.29, 1.82) is 0 Å². The molecule has 3 rings (SSSR count). The van der Waals surface area contributed by atoms with Crippen LogP contribution in [0.4, 0.5) is 0 Å². The predicted molar refractivity (Wildman–Crippen MR) is 62.1 cm³/mol. The van der Waals surface area contributed by atoms with E-state index in [-0.39, 0.29) is 0 Å². The van der Waals surface area contributed by atoms with E-state index in [1.165, 1.54) is 0 Å². The van der Waals surface area contributed by atoms with Gasteiger partial charge in [0.05, 0.1) is 4.47 Å². The van der Waals surface area contributed by atoms with Gasteiger partial charge in [-0.15, -0.1) is 0 Å². The Morgan fingerprint density at radius 3 is 3.00 bits per heavy atom. The zero-order chi connectivity index (χ0) is 10.4. The van der Waals surface area contributed by atoms with Gasteiger partial charge < -0.3 is 9.84 Å². The number of rotatable bonds is 0. The van der Waals surface area contributed by atoms with E-state index in [1.807, 2.05) is 30.3 Å². The van der Waals surface area contributed by atoms with E-state index < -0.39 is 6.10 Å². The lowest BCUT2D eigenvalue weighted by molar-refractivity contribution is 0.103. The lowest BCUT2D eigenvalue weighted by Crippen LogP contribution is -2.15. The molecular formula is C12H9BrO2. The molecule has 1 unspecified atom stereocenters. The molecule has 1 aliphatic heterocycles. The second kappa shape index (κ2) is 3.22. The second-order valence-corrected chi connectivity index (χ2v) is 4.50. The summed E-state index contributed by atoms with van der Waals surface area (Å²) in [4.78, 5) is 0. The summed E-state index contributed by atoms with van der Waals surface area (Å²) in [6, 6.07) is 9.93. The highest BCUT2D eigenvalue weighted by molar-refractivity contribution is 9.10. The first kappa shape index (κ1) is 9.19. The predicted octanol–water partition coefficient (Wildman–Crippen LogP) is 3.03. The average molecular weight is 265 g/mol. The van der Waals surface area contributed by atoms with E-state index in [0.29, 0.717) is 6.61 Å². The molecule has 0 fully saturated rings. The Labute approximate surface area is 95.6 Å². The molecule has 1 atom stereocenters. The van der Waals surface area contributed by atoms with E-state index in [2.05, 4.69) is 15.9 Å². The van der Waals surface area contributed by atoms with Crippen LogP contribution in [-0.4, -0.2) is 11.7 Å². The van der Waals surface area contributed by atoms with Crippen molar-refractivity contribution >= 4 is 26.7 Å². The van der Waals surface area contributed by atoms with Crippen LogP contribution in [0.2, 0.25) is 0 Å². The molecule has 0 saturated carbocycles. The van der Waals surface area contributed by atoms with Crippen molar-refractivity contribution in [3.05, 3.63) is 40.4 Å². The minimum Gasteiger partial charge on any atom is -0.489 e.